The van der Waals surface area contributed by atoms with Crippen LogP contribution in [0.5, 0.6) is 0 Å². The second-order valence-corrected chi connectivity index (χ2v) is 6.86. The highest BCUT2D eigenvalue weighted by atomic mass is 16.5. The van der Waals surface area contributed by atoms with E-state index in [0.29, 0.717) is 18.5 Å². The van der Waals surface area contributed by atoms with E-state index in [4.69, 9.17) is 9.84 Å². The Balaban J connectivity index is 1.57. The smallest absolute Gasteiger partial charge is 0.227 e. The summed E-state index contributed by atoms with van der Waals surface area (Å²) >= 11 is 0. The van der Waals surface area contributed by atoms with Gasteiger partial charge >= 0.3 is 0 Å². The number of hydrogen-bond donors (Lipinski definition) is 1. The van der Waals surface area contributed by atoms with Crippen LogP contribution in [0.15, 0.2) is 24.3 Å². The van der Waals surface area contributed by atoms with Gasteiger partial charge in [0.05, 0.1) is 32.3 Å². The summed E-state index contributed by atoms with van der Waals surface area (Å²) in [5, 5.41) is 9.09. The number of hydrogen-bond acceptors (Lipinski definition) is 4. The number of carbonyl (C=O) groups is 1. The number of carbonyl (C=O) groups excluding carboxylic acids is 1. The monoisotopic (exact) mass is 332 g/mol. The Hall–Kier alpha value is -1.43. The highest BCUT2D eigenvalue weighted by Gasteiger charge is 2.36. The molecule has 2 fully saturated rings. The Labute approximate surface area is 144 Å². The molecular weight excluding hydrogens is 304 g/mol. The molecule has 24 heavy (non-hydrogen) atoms. The minimum absolute atomic E-state index is 0.0385. The molecule has 0 saturated carbocycles. The average molecular weight is 332 g/mol. The molecule has 2 heterocycles. The molecule has 3 rings (SSSR count). The number of piperazine rings is 1. The van der Waals surface area contributed by atoms with Crippen molar-refractivity contribution in [2.75, 3.05) is 32.8 Å². The van der Waals surface area contributed by atoms with E-state index in [1.807, 2.05) is 29.2 Å². The maximum atomic E-state index is 12.6. The van der Waals surface area contributed by atoms with Gasteiger partial charge in [0.15, 0.2) is 0 Å². The number of benzene rings is 1. The lowest BCUT2D eigenvalue weighted by molar-refractivity contribution is -0.139. The Morgan fingerprint density at radius 1 is 1.21 bits per heavy atom. The lowest BCUT2D eigenvalue weighted by Gasteiger charge is -2.48. The summed E-state index contributed by atoms with van der Waals surface area (Å²) in [6, 6.07) is 8.47. The van der Waals surface area contributed by atoms with Crippen molar-refractivity contribution in [1.29, 1.82) is 0 Å². The normalized spacial score (nSPS) is 24.7. The largest absolute Gasteiger partial charge is 0.392 e. The van der Waals surface area contributed by atoms with Crippen molar-refractivity contribution in [3.8, 4) is 0 Å². The van der Waals surface area contributed by atoms with E-state index in [1.54, 1.807) is 0 Å². The Kier molecular flexibility index (Phi) is 5.87. The van der Waals surface area contributed by atoms with Crippen molar-refractivity contribution in [1.82, 2.24) is 9.80 Å². The Morgan fingerprint density at radius 2 is 1.96 bits per heavy atom. The number of aliphatic hydroxyl groups excluding tert-OH is 1. The van der Waals surface area contributed by atoms with Gasteiger partial charge in [-0.25, -0.2) is 0 Å². The zero-order chi connectivity index (χ0) is 16.9. The van der Waals surface area contributed by atoms with Gasteiger partial charge in [-0.1, -0.05) is 37.6 Å². The predicted octanol–water partition coefficient (Wildman–Crippen LogP) is 1.43. The Bertz CT molecular complexity index is 544. The van der Waals surface area contributed by atoms with Crippen molar-refractivity contribution in [2.24, 2.45) is 0 Å². The third-order valence-corrected chi connectivity index (χ3v) is 5.15. The predicted molar refractivity (Wildman–Crippen MR) is 92.7 cm³/mol. The molecule has 0 radical (unpaired) electrons. The van der Waals surface area contributed by atoms with Gasteiger partial charge in [0.2, 0.25) is 5.91 Å². The van der Waals surface area contributed by atoms with E-state index in [1.165, 1.54) is 12.8 Å². The highest BCUT2D eigenvalue weighted by molar-refractivity contribution is 5.79. The van der Waals surface area contributed by atoms with Crippen molar-refractivity contribution in [3.63, 3.8) is 0 Å². The second kappa shape index (κ2) is 8.10. The molecule has 2 aliphatic heterocycles. The van der Waals surface area contributed by atoms with Gasteiger partial charge < -0.3 is 14.7 Å². The quantitative estimate of drug-likeness (QED) is 0.886. The van der Waals surface area contributed by atoms with Crippen LogP contribution in [-0.4, -0.2) is 65.7 Å². The number of fused-ring (bicyclic) bond motifs is 1. The maximum absolute atomic E-state index is 12.6. The van der Waals surface area contributed by atoms with Gasteiger partial charge in [-0.2, -0.15) is 0 Å². The van der Waals surface area contributed by atoms with Crippen LogP contribution in [0.2, 0.25) is 0 Å². The second-order valence-electron chi connectivity index (χ2n) is 6.86. The van der Waals surface area contributed by atoms with Gasteiger partial charge in [-0.05, 0) is 17.5 Å². The third kappa shape index (κ3) is 3.97. The van der Waals surface area contributed by atoms with Crippen molar-refractivity contribution in [2.45, 2.75) is 44.9 Å². The molecule has 132 valence electrons. The third-order valence-electron chi connectivity index (χ3n) is 5.15. The summed E-state index contributed by atoms with van der Waals surface area (Å²) in [6.07, 6.45) is 2.77. The number of morpholine rings is 1. The van der Waals surface area contributed by atoms with Crippen molar-refractivity contribution < 1.29 is 14.6 Å². The van der Waals surface area contributed by atoms with Crippen LogP contribution < -0.4 is 0 Å². The van der Waals surface area contributed by atoms with Crippen molar-refractivity contribution in [3.05, 3.63) is 35.4 Å². The van der Waals surface area contributed by atoms with E-state index in [-0.39, 0.29) is 12.5 Å². The summed E-state index contributed by atoms with van der Waals surface area (Å²) < 4.78 is 5.77. The molecule has 0 unspecified atom stereocenters. The maximum Gasteiger partial charge on any atom is 0.227 e. The molecule has 1 aromatic rings. The molecule has 2 atom stereocenters. The van der Waals surface area contributed by atoms with Crippen LogP contribution in [0.4, 0.5) is 0 Å². The van der Waals surface area contributed by atoms with E-state index >= 15 is 0 Å². The van der Waals surface area contributed by atoms with Gasteiger partial charge in [-0.3, -0.25) is 9.69 Å². The standard InChI is InChI=1S/C19H28N2O3/c1-2-3-17-13-24-14-18-11-20(8-9-21(17)18)19(23)10-15-4-6-16(12-22)7-5-15/h4-7,17-18,22H,2-3,8-14H2,1H3/t17-,18+/m0/s1. The van der Waals surface area contributed by atoms with E-state index in [0.717, 1.165) is 44.0 Å². The lowest BCUT2D eigenvalue weighted by Crippen LogP contribution is -2.62. The number of aliphatic hydroxyl groups is 1. The fourth-order valence-electron chi connectivity index (χ4n) is 3.79. The minimum Gasteiger partial charge on any atom is -0.392 e. The molecule has 2 aliphatic rings. The van der Waals surface area contributed by atoms with Gasteiger partial charge in [0, 0.05) is 25.7 Å². The summed E-state index contributed by atoms with van der Waals surface area (Å²) in [5.74, 6) is 0.184. The van der Waals surface area contributed by atoms with Gasteiger partial charge in [0.1, 0.15) is 0 Å². The van der Waals surface area contributed by atoms with Gasteiger partial charge in [-0.15, -0.1) is 0 Å². The molecule has 0 spiro atoms. The zero-order valence-corrected chi connectivity index (χ0v) is 14.5. The average Bonchev–Trinajstić information content (AvgIpc) is 2.62. The van der Waals surface area contributed by atoms with E-state index < -0.39 is 0 Å². The molecule has 5 heteroatoms. The first-order valence-corrected chi connectivity index (χ1v) is 9.01. The number of nitrogens with zero attached hydrogens (tertiary/aromatic N) is 2. The summed E-state index contributed by atoms with van der Waals surface area (Å²) in [4.78, 5) is 17.2. The van der Waals surface area contributed by atoms with Crippen LogP contribution in [0.25, 0.3) is 0 Å². The van der Waals surface area contributed by atoms with Crippen molar-refractivity contribution >= 4 is 5.91 Å². The molecule has 5 nitrogen and oxygen atoms in total. The lowest BCUT2D eigenvalue weighted by atomic mass is 10.0. The van der Waals surface area contributed by atoms with E-state index in [2.05, 4.69) is 11.8 Å². The summed E-state index contributed by atoms with van der Waals surface area (Å²) in [7, 11) is 0. The fourth-order valence-corrected chi connectivity index (χ4v) is 3.79. The number of ether oxygens (including phenoxy) is 1. The van der Waals surface area contributed by atoms with E-state index in [9.17, 15) is 4.79 Å². The minimum atomic E-state index is 0.0385. The van der Waals surface area contributed by atoms with Crippen LogP contribution >= 0.6 is 0 Å². The Morgan fingerprint density at radius 3 is 2.67 bits per heavy atom. The topological polar surface area (TPSA) is 53.0 Å². The van der Waals surface area contributed by atoms with Crippen LogP contribution in [0, 0.1) is 0 Å². The first-order valence-electron chi connectivity index (χ1n) is 9.01. The molecule has 0 aliphatic carbocycles. The molecule has 1 amide bonds. The summed E-state index contributed by atoms with van der Waals surface area (Å²) in [5.41, 5.74) is 1.88. The summed E-state index contributed by atoms with van der Waals surface area (Å²) in [6.45, 7) is 6.35. The SMILES string of the molecule is CCC[C@H]1COC[C@H]2CN(C(=O)Cc3ccc(CO)cc3)CCN12. The van der Waals surface area contributed by atoms with Crippen LogP contribution in [-0.2, 0) is 22.6 Å². The molecular formula is C19H28N2O3. The number of amides is 1. The fraction of sp³-hybridized carbons (Fsp3) is 0.632. The first-order chi connectivity index (χ1) is 11.7. The number of rotatable bonds is 5. The molecule has 0 aromatic heterocycles. The zero-order valence-electron chi connectivity index (χ0n) is 14.5. The molecule has 0 bridgehead atoms. The highest BCUT2D eigenvalue weighted by Crippen LogP contribution is 2.22. The van der Waals surface area contributed by atoms with Crippen LogP contribution in [0.3, 0.4) is 0 Å². The molecule has 2 saturated heterocycles. The van der Waals surface area contributed by atoms with Crippen LogP contribution in [0.1, 0.15) is 30.9 Å². The first kappa shape index (κ1) is 17.4. The molecule has 1 aromatic carbocycles. The van der Waals surface area contributed by atoms with Gasteiger partial charge in [0.25, 0.3) is 0 Å². The molecule has 1 N–H and O–H groups in total.